The average molecular weight is 394 g/mol. The van der Waals surface area contributed by atoms with Crippen molar-refractivity contribution in [2.45, 2.75) is 111 Å². The minimum Gasteiger partial charge on any atom is -1.00 e. The highest BCUT2D eigenvalue weighted by atomic mass is 19.0. The van der Waals surface area contributed by atoms with Crippen LogP contribution in [0.4, 0.5) is 5.69 Å². The molecular weight excluding hydrogens is 345 g/mol. The summed E-state index contributed by atoms with van der Waals surface area (Å²) in [4.78, 5) is 0. The van der Waals surface area contributed by atoms with Crippen molar-refractivity contribution in [3.63, 3.8) is 0 Å². The van der Waals surface area contributed by atoms with Gasteiger partial charge in [-0.3, -0.25) is 4.48 Å². The van der Waals surface area contributed by atoms with Crippen LogP contribution < -0.4 is 9.19 Å². The van der Waals surface area contributed by atoms with Crippen molar-refractivity contribution in [2.75, 3.05) is 19.6 Å². The van der Waals surface area contributed by atoms with Crippen molar-refractivity contribution < 1.29 is 4.70 Å². The van der Waals surface area contributed by atoms with Crippen LogP contribution in [0.15, 0.2) is 30.3 Å². The Morgan fingerprint density at radius 3 is 1.32 bits per heavy atom. The quantitative estimate of drug-likeness (QED) is 0.228. The molecule has 0 amide bonds. The molecule has 0 unspecified atom stereocenters. The number of quaternary nitrogens is 1. The number of benzene rings is 1. The van der Waals surface area contributed by atoms with Crippen LogP contribution in [0.3, 0.4) is 0 Å². The zero-order valence-electron chi connectivity index (χ0n) is 19.2. The van der Waals surface area contributed by atoms with Crippen LogP contribution in [-0.4, -0.2) is 19.6 Å². The molecule has 0 radical (unpaired) electrons. The molecule has 0 aromatic heterocycles. The molecule has 0 aliphatic carbocycles. The summed E-state index contributed by atoms with van der Waals surface area (Å²) < 4.78 is 1.15. The first-order chi connectivity index (χ1) is 13.3. The van der Waals surface area contributed by atoms with Gasteiger partial charge in [0, 0.05) is 0 Å². The lowest BCUT2D eigenvalue weighted by molar-refractivity contribution is -0.00000593. The van der Waals surface area contributed by atoms with Crippen LogP contribution in [0.1, 0.15) is 111 Å². The van der Waals surface area contributed by atoms with E-state index in [1.165, 1.54) is 115 Å². The molecule has 0 N–H and O–H groups in total. The van der Waals surface area contributed by atoms with Gasteiger partial charge in [0.2, 0.25) is 0 Å². The fourth-order valence-electron chi connectivity index (χ4n) is 4.39. The maximum atomic E-state index is 2.35. The number of halogens is 1. The first kappa shape index (κ1) is 27.1. The van der Waals surface area contributed by atoms with Gasteiger partial charge < -0.3 is 4.70 Å². The number of hydrogen-bond acceptors (Lipinski definition) is 0. The van der Waals surface area contributed by atoms with E-state index in [9.17, 15) is 0 Å². The zero-order chi connectivity index (χ0) is 19.6. The summed E-state index contributed by atoms with van der Waals surface area (Å²) in [6.45, 7) is 10.7. The summed E-state index contributed by atoms with van der Waals surface area (Å²) in [6.07, 6.45) is 20.2. The smallest absolute Gasteiger partial charge is 0.132 e. The van der Waals surface area contributed by atoms with Crippen molar-refractivity contribution in [3.8, 4) is 0 Å². The average Bonchev–Trinajstić information content (AvgIpc) is 2.72. The maximum absolute atomic E-state index is 2.35. The Bertz CT molecular complexity index is 427. The van der Waals surface area contributed by atoms with E-state index >= 15 is 0 Å². The predicted octanol–water partition coefficient (Wildman–Crippen LogP) is 5.52. The molecule has 164 valence electrons. The fourth-order valence-corrected chi connectivity index (χ4v) is 4.39. The van der Waals surface area contributed by atoms with Crippen LogP contribution >= 0.6 is 0 Å². The van der Waals surface area contributed by atoms with Crippen LogP contribution in [-0.2, 0) is 0 Å². The normalized spacial score (nSPS) is 11.4. The van der Waals surface area contributed by atoms with Crippen LogP contribution in [0.5, 0.6) is 0 Å². The highest BCUT2D eigenvalue weighted by molar-refractivity contribution is 5.42. The zero-order valence-corrected chi connectivity index (χ0v) is 19.2. The Morgan fingerprint density at radius 2 is 0.929 bits per heavy atom. The summed E-state index contributed by atoms with van der Waals surface area (Å²) in [5, 5.41) is 0. The van der Waals surface area contributed by atoms with Gasteiger partial charge in [0.1, 0.15) is 5.69 Å². The predicted molar refractivity (Wildman–Crippen MR) is 124 cm³/mol. The minimum absolute atomic E-state index is 0. The third-order valence-corrected chi connectivity index (χ3v) is 6.45. The van der Waals surface area contributed by atoms with Gasteiger partial charge in [-0.15, -0.1) is 0 Å². The monoisotopic (exact) mass is 393 g/mol. The molecule has 0 heterocycles. The Hall–Kier alpha value is -0.890. The van der Waals surface area contributed by atoms with Gasteiger partial charge in [-0.1, -0.05) is 102 Å². The molecule has 0 atom stereocenters. The number of rotatable bonds is 18. The molecule has 0 aliphatic heterocycles. The second-order valence-electron chi connectivity index (χ2n) is 8.43. The number of unbranched alkanes of at least 4 members (excludes halogenated alkanes) is 13. The largest absolute Gasteiger partial charge is 1.00 e. The van der Waals surface area contributed by atoms with Gasteiger partial charge in [0.25, 0.3) is 0 Å². The lowest BCUT2D eigenvalue weighted by Crippen LogP contribution is -3.00. The lowest BCUT2D eigenvalue weighted by atomic mass is 10.0. The Morgan fingerprint density at radius 1 is 0.536 bits per heavy atom. The van der Waals surface area contributed by atoms with E-state index < -0.39 is 0 Å². The maximum Gasteiger partial charge on any atom is 0.132 e. The topological polar surface area (TPSA) is 0 Å². The molecule has 28 heavy (non-hydrogen) atoms. The van der Waals surface area contributed by atoms with Gasteiger partial charge >= 0.3 is 0 Å². The van der Waals surface area contributed by atoms with Crippen molar-refractivity contribution in [1.29, 1.82) is 0 Å². The third kappa shape index (κ3) is 11.2. The summed E-state index contributed by atoms with van der Waals surface area (Å²) >= 11 is 0. The van der Waals surface area contributed by atoms with Crippen molar-refractivity contribution >= 4 is 5.69 Å². The molecule has 0 spiro atoms. The Labute approximate surface area is 175 Å². The van der Waals surface area contributed by atoms with Gasteiger partial charge in [-0.2, -0.15) is 0 Å². The van der Waals surface area contributed by atoms with Crippen molar-refractivity contribution in [3.05, 3.63) is 30.3 Å². The Kier molecular flexibility index (Phi) is 17.6. The molecule has 1 aromatic carbocycles. The molecule has 2 heteroatoms. The van der Waals surface area contributed by atoms with Gasteiger partial charge in [0.05, 0.1) is 19.6 Å². The standard InChI is InChI=1S/C26H48N.FH/c1-4-7-8-9-10-11-12-13-14-15-16-17-18-22-25-27(5-2,6-3)26-23-20-19-21-24-26;/h19-21,23-24H,4-18,22,25H2,1-3H3;1H/q+1;/p-1. The van der Waals surface area contributed by atoms with E-state index in [1.54, 1.807) is 0 Å². The molecule has 0 saturated heterocycles. The highest BCUT2D eigenvalue weighted by Gasteiger charge is 2.25. The van der Waals surface area contributed by atoms with Crippen LogP contribution in [0.25, 0.3) is 0 Å². The van der Waals surface area contributed by atoms with E-state index in [0.717, 1.165) is 4.48 Å². The molecule has 0 bridgehead atoms. The van der Waals surface area contributed by atoms with Gasteiger partial charge in [-0.25, -0.2) is 0 Å². The number of nitrogens with zero attached hydrogens (tertiary/aromatic N) is 1. The third-order valence-electron chi connectivity index (χ3n) is 6.45. The minimum atomic E-state index is 0. The molecule has 1 nitrogen and oxygen atoms in total. The summed E-state index contributed by atoms with van der Waals surface area (Å²) in [5.41, 5.74) is 1.50. The van der Waals surface area contributed by atoms with E-state index in [-0.39, 0.29) is 4.70 Å². The molecule has 1 rings (SSSR count). The first-order valence-corrected chi connectivity index (χ1v) is 12.2. The summed E-state index contributed by atoms with van der Waals surface area (Å²) in [7, 11) is 0. The molecule has 0 aliphatic rings. The molecular formula is C26H48FN. The fraction of sp³-hybridized carbons (Fsp3) is 0.769. The lowest BCUT2D eigenvalue weighted by Gasteiger charge is -2.36. The van der Waals surface area contributed by atoms with E-state index in [4.69, 9.17) is 0 Å². The van der Waals surface area contributed by atoms with E-state index in [0.29, 0.717) is 0 Å². The van der Waals surface area contributed by atoms with Crippen molar-refractivity contribution in [2.24, 2.45) is 0 Å². The second-order valence-corrected chi connectivity index (χ2v) is 8.43. The molecule has 0 saturated carbocycles. The second kappa shape index (κ2) is 18.2. The molecule has 1 aromatic rings. The number of para-hydroxylation sites is 1. The van der Waals surface area contributed by atoms with Crippen molar-refractivity contribution in [1.82, 2.24) is 4.48 Å². The SMILES string of the molecule is CCCCCCCCCCCCCCCC[N+](CC)(CC)c1ccccc1.[F-]. The summed E-state index contributed by atoms with van der Waals surface area (Å²) in [5.74, 6) is 0. The van der Waals surface area contributed by atoms with E-state index in [1.807, 2.05) is 0 Å². The van der Waals surface area contributed by atoms with Crippen LogP contribution in [0, 0.1) is 0 Å². The Balaban J connectivity index is 0.00000729. The molecule has 0 fully saturated rings. The van der Waals surface area contributed by atoms with Gasteiger partial charge in [-0.05, 0) is 38.8 Å². The first-order valence-electron chi connectivity index (χ1n) is 12.2. The number of hydrogen-bond donors (Lipinski definition) is 0. The van der Waals surface area contributed by atoms with Crippen LogP contribution in [0.2, 0.25) is 0 Å². The van der Waals surface area contributed by atoms with E-state index in [2.05, 4.69) is 51.1 Å². The highest BCUT2D eigenvalue weighted by Crippen LogP contribution is 2.24. The van der Waals surface area contributed by atoms with Gasteiger partial charge in [0.15, 0.2) is 0 Å². The summed E-state index contributed by atoms with van der Waals surface area (Å²) in [6, 6.07) is 11.2.